The van der Waals surface area contributed by atoms with Gasteiger partial charge < -0.3 is 18.9 Å². The van der Waals surface area contributed by atoms with E-state index in [1.54, 1.807) is 6.08 Å². The lowest BCUT2D eigenvalue weighted by Gasteiger charge is -2.53. The molecule has 1 spiro atoms. The van der Waals surface area contributed by atoms with Crippen molar-refractivity contribution in [3.05, 3.63) is 34.5 Å². The van der Waals surface area contributed by atoms with Crippen LogP contribution in [0.15, 0.2) is 34.5 Å². The zero-order chi connectivity index (χ0) is 21.2. The molecule has 4 atom stereocenters. The number of halogens is 1. The zero-order valence-corrected chi connectivity index (χ0v) is 17.4. The number of ketones is 2. The molecule has 0 aromatic heterocycles. The van der Waals surface area contributed by atoms with Crippen molar-refractivity contribution < 1.29 is 33.3 Å². The number of methoxy groups -OCH3 is 3. The first-order chi connectivity index (χ1) is 13.8. The van der Waals surface area contributed by atoms with E-state index in [1.165, 1.54) is 27.4 Å². The first-order valence-electron chi connectivity index (χ1n) is 9.18. The molecule has 4 rings (SSSR count). The Labute approximate surface area is 173 Å². The molecule has 1 saturated heterocycles. The van der Waals surface area contributed by atoms with Crippen molar-refractivity contribution in [2.24, 2.45) is 10.8 Å². The summed E-state index contributed by atoms with van der Waals surface area (Å²) < 4.78 is 21.7. The molecule has 8 nitrogen and oxygen atoms in total. The molecule has 9 heteroatoms. The highest BCUT2D eigenvalue weighted by Gasteiger charge is 2.82. The third kappa shape index (κ3) is 1.92. The van der Waals surface area contributed by atoms with Crippen molar-refractivity contribution in [3.63, 3.8) is 0 Å². The number of hydrogen-bond donors (Lipinski definition) is 0. The van der Waals surface area contributed by atoms with E-state index in [4.69, 9.17) is 30.5 Å². The van der Waals surface area contributed by atoms with Crippen LogP contribution < -0.4 is 0 Å². The van der Waals surface area contributed by atoms with Gasteiger partial charge in [-0.15, -0.1) is 0 Å². The molecule has 1 heterocycles. The highest BCUT2D eigenvalue weighted by Crippen LogP contribution is 2.74. The predicted molar refractivity (Wildman–Crippen MR) is 100 cm³/mol. The molecular formula is C20H22ClNO7. The lowest BCUT2D eigenvalue weighted by atomic mass is 9.51. The summed E-state index contributed by atoms with van der Waals surface area (Å²) in [6.07, 6.45) is 2.64. The summed E-state index contributed by atoms with van der Waals surface area (Å²) in [4.78, 5) is 40.1. The van der Waals surface area contributed by atoms with E-state index >= 15 is 0 Å². The summed E-state index contributed by atoms with van der Waals surface area (Å²) in [5.41, 5.74) is -3.52. The lowest BCUT2D eigenvalue weighted by molar-refractivity contribution is -0.154. The number of likely N-dealkylation sites (N-methyl/N-ethyl adjacent to an activating group) is 1. The van der Waals surface area contributed by atoms with Crippen LogP contribution in [0.4, 0.5) is 0 Å². The molecule has 0 saturated carbocycles. The molecule has 0 N–H and O–H groups in total. The minimum Gasteiger partial charge on any atom is -0.495 e. The summed E-state index contributed by atoms with van der Waals surface area (Å²) in [5, 5.41) is 0.198. The molecule has 1 aliphatic heterocycles. The summed E-state index contributed by atoms with van der Waals surface area (Å²) in [5.74, 6) is -0.244. The van der Waals surface area contributed by atoms with Gasteiger partial charge in [-0.25, -0.2) is 0 Å². The average Bonchev–Trinajstić information content (AvgIpc) is 3.23. The number of likely N-dealkylation sites (tertiary alicyclic amines) is 1. The monoisotopic (exact) mass is 423 g/mol. The first-order valence-corrected chi connectivity index (χ1v) is 9.56. The quantitative estimate of drug-likeness (QED) is 0.611. The first kappa shape index (κ1) is 20.0. The fourth-order valence-corrected chi connectivity index (χ4v) is 6.58. The van der Waals surface area contributed by atoms with Gasteiger partial charge in [0.15, 0.2) is 11.5 Å². The van der Waals surface area contributed by atoms with Crippen LogP contribution in [0.5, 0.6) is 0 Å². The normalized spacial score (nSPS) is 38.6. The molecule has 0 amide bonds. The number of ether oxygens (including phenoxy) is 4. The van der Waals surface area contributed by atoms with Gasteiger partial charge in [-0.3, -0.25) is 19.3 Å². The van der Waals surface area contributed by atoms with E-state index in [2.05, 4.69) is 0 Å². The number of allylic oxidation sites excluding steroid dienone is 2. The maximum absolute atomic E-state index is 13.7. The predicted octanol–water partition coefficient (Wildman–Crippen LogP) is 1.30. The van der Waals surface area contributed by atoms with Crippen molar-refractivity contribution in [2.75, 3.05) is 34.9 Å². The second-order valence-electron chi connectivity index (χ2n) is 7.70. The molecule has 1 fully saturated rings. The molecule has 0 radical (unpaired) electrons. The van der Waals surface area contributed by atoms with Gasteiger partial charge in [0.05, 0.1) is 21.3 Å². The van der Waals surface area contributed by atoms with Crippen LogP contribution in [0.25, 0.3) is 0 Å². The Morgan fingerprint density at radius 2 is 1.93 bits per heavy atom. The third-order valence-electron chi connectivity index (χ3n) is 7.08. The number of carbonyl (C=O) groups excluding carboxylic acids is 3. The molecule has 29 heavy (non-hydrogen) atoms. The number of nitrogens with zero attached hydrogens (tertiary/aromatic N) is 1. The van der Waals surface area contributed by atoms with Crippen molar-refractivity contribution in [2.45, 2.75) is 24.5 Å². The minimum absolute atomic E-state index is 0.0185. The van der Waals surface area contributed by atoms with Crippen LogP contribution in [-0.4, -0.2) is 69.5 Å². The summed E-state index contributed by atoms with van der Waals surface area (Å²) >= 11 is 6.81. The van der Waals surface area contributed by atoms with Crippen LogP contribution in [-0.2, 0) is 33.3 Å². The Bertz CT molecular complexity index is 909. The fraction of sp³-hybridized carbons (Fsp3) is 0.550. The Morgan fingerprint density at radius 3 is 2.52 bits per heavy atom. The molecule has 4 aliphatic rings. The van der Waals surface area contributed by atoms with Crippen molar-refractivity contribution >= 4 is 29.6 Å². The van der Waals surface area contributed by atoms with Crippen LogP contribution >= 0.6 is 11.6 Å². The molecule has 0 bridgehead atoms. The smallest absolute Gasteiger partial charge is 0.293 e. The third-order valence-corrected chi connectivity index (χ3v) is 7.49. The fourth-order valence-electron chi connectivity index (χ4n) is 6.05. The van der Waals surface area contributed by atoms with E-state index in [9.17, 15) is 14.4 Å². The van der Waals surface area contributed by atoms with Gasteiger partial charge in [0, 0.05) is 22.9 Å². The minimum atomic E-state index is -1.48. The van der Waals surface area contributed by atoms with Crippen LogP contribution in [0, 0.1) is 10.8 Å². The van der Waals surface area contributed by atoms with Crippen LogP contribution in [0.3, 0.4) is 0 Å². The van der Waals surface area contributed by atoms with Gasteiger partial charge in [0.25, 0.3) is 6.47 Å². The average molecular weight is 424 g/mol. The summed E-state index contributed by atoms with van der Waals surface area (Å²) in [7, 11) is 6.11. The number of rotatable bonds is 5. The maximum atomic E-state index is 13.7. The molecular weight excluding hydrogens is 402 g/mol. The molecule has 156 valence electrons. The highest BCUT2D eigenvalue weighted by atomic mass is 35.5. The number of carbonyl (C=O) groups is 3. The summed E-state index contributed by atoms with van der Waals surface area (Å²) in [6.45, 7) is 0.857. The van der Waals surface area contributed by atoms with Gasteiger partial charge in [-0.1, -0.05) is 11.6 Å². The van der Waals surface area contributed by atoms with E-state index in [0.717, 1.165) is 0 Å². The van der Waals surface area contributed by atoms with Crippen molar-refractivity contribution in [1.29, 1.82) is 0 Å². The van der Waals surface area contributed by atoms with Gasteiger partial charge in [-0.05, 0) is 26.1 Å². The molecule has 0 unspecified atom stereocenters. The van der Waals surface area contributed by atoms with Crippen molar-refractivity contribution in [3.8, 4) is 0 Å². The van der Waals surface area contributed by atoms with Gasteiger partial charge >= 0.3 is 0 Å². The maximum Gasteiger partial charge on any atom is 0.293 e. The Morgan fingerprint density at radius 1 is 1.21 bits per heavy atom. The van der Waals surface area contributed by atoms with E-state index in [0.29, 0.717) is 18.7 Å². The number of hydrogen-bond acceptors (Lipinski definition) is 8. The van der Waals surface area contributed by atoms with Crippen LogP contribution in [0.2, 0.25) is 0 Å². The second kappa shape index (κ2) is 6.34. The van der Waals surface area contributed by atoms with E-state index in [-0.39, 0.29) is 35.2 Å². The van der Waals surface area contributed by atoms with E-state index in [1.807, 2.05) is 11.9 Å². The van der Waals surface area contributed by atoms with Gasteiger partial charge in [0.2, 0.25) is 17.3 Å². The zero-order valence-electron chi connectivity index (χ0n) is 16.6. The number of Topliss-reactive ketones (excluding diaryl/α,β-unsaturated/α-hetero) is 2. The molecule has 3 aliphatic carbocycles. The lowest BCUT2D eigenvalue weighted by Crippen LogP contribution is -2.63. The van der Waals surface area contributed by atoms with Crippen LogP contribution in [0.1, 0.15) is 12.8 Å². The van der Waals surface area contributed by atoms with Gasteiger partial charge in [0.1, 0.15) is 17.1 Å². The van der Waals surface area contributed by atoms with E-state index < -0.39 is 28.3 Å². The van der Waals surface area contributed by atoms with Crippen molar-refractivity contribution in [1.82, 2.24) is 4.90 Å². The standard InChI is InChI=1S/C20H22ClNO7/c1-22-6-5-18-8-11(24)15(27-3)17(28-4)19(18,22)9-13(21)20(18)14(29-10-23)7-12(26-2)16(20)25/h7,9-10,14H,5-6,8H2,1-4H3/t14-,18-,19-,20-/m1/s1. The van der Waals surface area contributed by atoms with Gasteiger partial charge in [-0.2, -0.15) is 0 Å². The highest BCUT2D eigenvalue weighted by molar-refractivity contribution is 6.34. The molecule has 0 aromatic rings. The SMILES string of the molecule is COC1=C[C@@H](OC=O)[C@@]2(C1=O)C(Cl)=C[C@@]13C(OC)=C(OC)C(=O)C[C@@]21CCN3C. The largest absolute Gasteiger partial charge is 0.495 e. The topological polar surface area (TPSA) is 91.4 Å². The second-order valence-corrected chi connectivity index (χ2v) is 8.11. The Balaban J connectivity index is 2.07. The summed E-state index contributed by atoms with van der Waals surface area (Å²) in [6, 6.07) is 0. The Kier molecular flexibility index (Phi) is 4.36. The molecule has 0 aromatic carbocycles. The Hall–Kier alpha value is -2.32.